The van der Waals surface area contributed by atoms with E-state index >= 15 is 0 Å². The van der Waals surface area contributed by atoms with Crippen molar-refractivity contribution >= 4 is 22.6 Å². The highest BCUT2D eigenvalue weighted by Crippen LogP contribution is 2.32. The fourth-order valence-corrected chi connectivity index (χ4v) is 3.11. The molecule has 1 aromatic heterocycles. The first-order valence-electron chi connectivity index (χ1n) is 7.14. The Morgan fingerprint density at radius 3 is 3.15 bits per heavy atom. The summed E-state index contributed by atoms with van der Waals surface area (Å²) in [4.78, 5) is 19.9. The minimum Gasteiger partial charge on any atom is -0.342 e. The maximum atomic E-state index is 12.3. The van der Waals surface area contributed by atoms with Gasteiger partial charge in [0, 0.05) is 11.6 Å². The van der Waals surface area contributed by atoms with Crippen molar-refractivity contribution in [3.8, 4) is 0 Å². The molecule has 1 fully saturated rings. The number of carbonyl (C=O) groups is 1. The van der Waals surface area contributed by atoms with Gasteiger partial charge in [-0.05, 0) is 50.4 Å². The number of nitrogens with two attached hydrogens (primary N) is 1. The average Bonchev–Trinajstić information content (AvgIpc) is 3.02. The highest BCUT2D eigenvalue weighted by atomic mass is 16.1. The standard InChI is InChI=1S/C15H20N4O/c1-9-17-13-6-5-11(7-14(13)18-9)19-15(20)12-4-2-3-10(12)8-16/h5-7,10,12H,2-4,8,16H2,1H3,(H,17,18)(H,19,20)/t10-,12-/m1/s1. The molecule has 5 heteroatoms. The number of hydrogen-bond acceptors (Lipinski definition) is 3. The molecule has 2 aromatic rings. The Labute approximate surface area is 118 Å². The van der Waals surface area contributed by atoms with Gasteiger partial charge in [0.05, 0.1) is 11.0 Å². The van der Waals surface area contributed by atoms with Gasteiger partial charge < -0.3 is 16.0 Å². The normalized spacial score (nSPS) is 22.3. The molecule has 1 saturated carbocycles. The number of H-pyrrole nitrogens is 1. The van der Waals surface area contributed by atoms with E-state index in [0.29, 0.717) is 12.5 Å². The second-order valence-corrected chi connectivity index (χ2v) is 5.58. The first kappa shape index (κ1) is 13.1. The zero-order valence-electron chi connectivity index (χ0n) is 11.6. The maximum Gasteiger partial charge on any atom is 0.227 e. The number of hydrogen-bond donors (Lipinski definition) is 3. The van der Waals surface area contributed by atoms with E-state index in [2.05, 4.69) is 15.3 Å². The van der Waals surface area contributed by atoms with Gasteiger partial charge in [-0.3, -0.25) is 4.79 Å². The molecule has 2 atom stereocenters. The maximum absolute atomic E-state index is 12.3. The van der Waals surface area contributed by atoms with E-state index in [9.17, 15) is 4.79 Å². The van der Waals surface area contributed by atoms with E-state index in [4.69, 9.17) is 5.73 Å². The molecule has 0 aliphatic heterocycles. The summed E-state index contributed by atoms with van der Waals surface area (Å²) in [6, 6.07) is 5.75. The fourth-order valence-electron chi connectivity index (χ4n) is 3.11. The van der Waals surface area contributed by atoms with E-state index < -0.39 is 0 Å². The van der Waals surface area contributed by atoms with Crippen LogP contribution < -0.4 is 11.1 Å². The molecule has 0 unspecified atom stereocenters. The lowest BCUT2D eigenvalue weighted by Gasteiger charge is -2.17. The predicted octanol–water partition coefficient (Wildman–Crippen LogP) is 2.18. The molecule has 106 valence electrons. The molecule has 1 aliphatic carbocycles. The van der Waals surface area contributed by atoms with Gasteiger partial charge in [0.1, 0.15) is 5.82 Å². The number of carbonyl (C=O) groups excluding carboxylic acids is 1. The number of amides is 1. The summed E-state index contributed by atoms with van der Waals surface area (Å²) in [6.45, 7) is 2.51. The molecule has 0 spiro atoms. The van der Waals surface area contributed by atoms with Crippen molar-refractivity contribution in [3.63, 3.8) is 0 Å². The van der Waals surface area contributed by atoms with Gasteiger partial charge >= 0.3 is 0 Å². The molecule has 5 nitrogen and oxygen atoms in total. The molecular formula is C15H20N4O. The first-order chi connectivity index (χ1) is 9.67. The molecule has 1 heterocycles. The van der Waals surface area contributed by atoms with Crippen LogP contribution in [-0.2, 0) is 4.79 Å². The number of aromatic amines is 1. The number of benzene rings is 1. The molecular weight excluding hydrogens is 252 g/mol. The van der Waals surface area contributed by atoms with E-state index in [0.717, 1.165) is 41.8 Å². The number of aromatic nitrogens is 2. The monoisotopic (exact) mass is 272 g/mol. The zero-order chi connectivity index (χ0) is 14.1. The highest BCUT2D eigenvalue weighted by molar-refractivity contribution is 5.94. The van der Waals surface area contributed by atoms with Crippen molar-refractivity contribution in [2.24, 2.45) is 17.6 Å². The van der Waals surface area contributed by atoms with Crippen LogP contribution >= 0.6 is 0 Å². The summed E-state index contributed by atoms with van der Waals surface area (Å²) < 4.78 is 0. The van der Waals surface area contributed by atoms with E-state index in [1.54, 1.807) is 0 Å². The Morgan fingerprint density at radius 2 is 2.35 bits per heavy atom. The summed E-state index contributed by atoms with van der Waals surface area (Å²) in [5, 5.41) is 3.01. The minimum absolute atomic E-state index is 0.0548. The van der Waals surface area contributed by atoms with Gasteiger partial charge in [-0.15, -0.1) is 0 Å². The highest BCUT2D eigenvalue weighted by Gasteiger charge is 2.31. The zero-order valence-corrected chi connectivity index (χ0v) is 11.6. The summed E-state index contributed by atoms with van der Waals surface area (Å²) in [5.74, 6) is 1.35. The van der Waals surface area contributed by atoms with E-state index in [-0.39, 0.29) is 11.8 Å². The molecule has 0 saturated heterocycles. The number of imidazole rings is 1. The Bertz CT molecular complexity index is 634. The van der Waals surface area contributed by atoms with Crippen LogP contribution in [-0.4, -0.2) is 22.4 Å². The van der Waals surface area contributed by atoms with Crippen LogP contribution in [0.4, 0.5) is 5.69 Å². The minimum atomic E-state index is 0.0548. The first-order valence-corrected chi connectivity index (χ1v) is 7.14. The molecule has 0 bridgehead atoms. The van der Waals surface area contributed by atoms with Gasteiger partial charge in [-0.1, -0.05) is 6.42 Å². The van der Waals surface area contributed by atoms with E-state index in [1.165, 1.54) is 0 Å². The summed E-state index contributed by atoms with van der Waals surface area (Å²) >= 11 is 0. The summed E-state index contributed by atoms with van der Waals surface area (Å²) in [5.41, 5.74) is 8.42. The van der Waals surface area contributed by atoms with Crippen molar-refractivity contribution in [2.75, 3.05) is 11.9 Å². The van der Waals surface area contributed by atoms with Gasteiger partial charge in [0.25, 0.3) is 0 Å². The third-order valence-electron chi connectivity index (χ3n) is 4.17. The lowest BCUT2D eigenvalue weighted by atomic mass is 9.95. The van der Waals surface area contributed by atoms with Crippen molar-refractivity contribution in [2.45, 2.75) is 26.2 Å². The van der Waals surface area contributed by atoms with Crippen LogP contribution in [0, 0.1) is 18.8 Å². The van der Waals surface area contributed by atoms with Crippen LogP contribution in [0.3, 0.4) is 0 Å². The third kappa shape index (κ3) is 2.41. The number of anilines is 1. The van der Waals surface area contributed by atoms with Crippen LogP contribution in [0.2, 0.25) is 0 Å². The van der Waals surface area contributed by atoms with Gasteiger partial charge in [0.15, 0.2) is 0 Å². The second kappa shape index (κ2) is 5.25. The van der Waals surface area contributed by atoms with Crippen LogP contribution in [0.15, 0.2) is 18.2 Å². The number of aryl methyl sites for hydroxylation is 1. The number of nitrogens with zero attached hydrogens (tertiary/aromatic N) is 1. The molecule has 1 aliphatic rings. The third-order valence-corrected chi connectivity index (χ3v) is 4.17. The Balaban J connectivity index is 1.76. The molecule has 3 rings (SSSR count). The van der Waals surface area contributed by atoms with Crippen LogP contribution in [0.25, 0.3) is 11.0 Å². The lowest BCUT2D eigenvalue weighted by molar-refractivity contribution is -0.120. The van der Waals surface area contributed by atoms with Crippen molar-refractivity contribution < 1.29 is 4.79 Å². The van der Waals surface area contributed by atoms with Gasteiger partial charge in [0.2, 0.25) is 5.91 Å². The van der Waals surface area contributed by atoms with Crippen LogP contribution in [0.5, 0.6) is 0 Å². The Hall–Kier alpha value is -1.88. The quantitative estimate of drug-likeness (QED) is 0.800. The van der Waals surface area contributed by atoms with Crippen molar-refractivity contribution in [1.82, 2.24) is 9.97 Å². The number of rotatable bonds is 3. The summed E-state index contributed by atoms with van der Waals surface area (Å²) in [7, 11) is 0. The van der Waals surface area contributed by atoms with Crippen molar-refractivity contribution in [1.29, 1.82) is 0 Å². The Kier molecular flexibility index (Phi) is 3.44. The smallest absolute Gasteiger partial charge is 0.227 e. The van der Waals surface area contributed by atoms with Gasteiger partial charge in [-0.25, -0.2) is 4.98 Å². The largest absolute Gasteiger partial charge is 0.342 e. The SMILES string of the molecule is Cc1nc2ccc(NC(=O)[C@@H]3CCC[C@@H]3CN)cc2[nH]1. The molecule has 1 amide bonds. The number of nitrogens with one attached hydrogen (secondary N) is 2. The van der Waals surface area contributed by atoms with Crippen molar-refractivity contribution in [3.05, 3.63) is 24.0 Å². The average molecular weight is 272 g/mol. The topological polar surface area (TPSA) is 83.8 Å². The fraction of sp³-hybridized carbons (Fsp3) is 0.467. The van der Waals surface area contributed by atoms with Crippen LogP contribution in [0.1, 0.15) is 25.1 Å². The second-order valence-electron chi connectivity index (χ2n) is 5.58. The molecule has 20 heavy (non-hydrogen) atoms. The molecule has 1 aromatic carbocycles. The summed E-state index contributed by atoms with van der Waals surface area (Å²) in [6.07, 6.45) is 3.10. The van der Waals surface area contributed by atoms with Gasteiger partial charge in [-0.2, -0.15) is 0 Å². The van der Waals surface area contributed by atoms with E-state index in [1.807, 2.05) is 25.1 Å². The predicted molar refractivity (Wildman–Crippen MR) is 79.3 cm³/mol. The number of fused-ring (bicyclic) bond motifs is 1. The molecule has 0 radical (unpaired) electrons. The Morgan fingerprint density at radius 1 is 1.50 bits per heavy atom. The lowest BCUT2D eigenvalue weighted by Crippen LogP contribution is -2.29. The molecule has 4 N–H and O–H groups in total.